The lowest BCUT2D eigenvalue weighted by atomic mass is 10.1. The van der Waals surface area contributed by atoms with Gasteiger partial charge in [-0.1, -0.05) is 30.5 Å². The van der Waals surface area contributed by atoms with Gasteiger partial charge < -0.3 is 14.6 Å². The Morgan fingerprint density at radius 3 is 2.53 bits per heavy atom. The first-order chi connectivity index (χ1) is 14.2. The lowest BCUT2D eigenvalue weighted by Gasteiger charge is -2.33. The maximum absolute atomic E-state index is 13.1. The van der Waals surface area contributed by atoms with Crippen molar-refractivity contribution >= 4 is 27.6 Å². The number of aromatic hydroxyl groups is 1. The van der Waals surface area contributed by atoms with Crippen LogP contribution in [0.3, 0.4) is 0 Å². The predicted octanol–water partition coefficient (Wildman–Crippen LogP) is 3.53. The van der Waals surface area contributed by atoms with Crippen molar-refractivity contribution < 1.29 is 14.3 Å². The number of nitrogens with zero attached hydrogens (tertiary/aromatic N) is 3. The molecule has 8 heteroatoms. The molecule has 1 aromatic heterocycles. The number of aliphatic imine (C=N–C) groups is 1. The quantitative estimate of drug-likeness (QED) is 0.583. The fraction of sp³-hybridized carbons (Fsp3) is 0.318. The van der Waals surface area contributed by atoms with Gasteiger partial charge in [-0.25, -0.2) is 4.39 Å². The molecule has 1 N–H and O–H groups in total. The first kappa shape index (κ1) is 21.8. The fourth-order valence-corrected chi connectivity index (χ4v) is 4.20. The second-order valence-corrected chi connectivity index (χ2v) is 8.47. The average Bonchev–Trinajstić information content (AvgIpc) is 2.71. The molecule has 0 saturated heterocycles. The summed E-state index contributed by atoms with van der Waals surface area (Å²) in [4.78, 5) is 31.8. The van der Waals surface area contributed by atoms with Gasteiger partial charge >= 0.3 is 0 Å². The first-order valence-electron chi connectivity index (χ1n) is 9.57. The monoisotopic (exact) mass is 429 g/mol. The van der Waals surface area contributed by atoms with Gasteiger partial charge in [0.25, 0.3) is 5.91 Å². The lowest BCUT2D eigenvalue weighted by molar-refractivity contribution is 0.0641. The van der Waals surface area contributed by atoms with Crippen LogP contribution in [0.2, 0.25) is 0 Å². The molecular weight excluding hydrogens is 405 g/mol. The van der Waals surface area contributed by atoms with Crippen molar-refractivity contribution in [2.24, 2.45) is 4.99 Å². The molecule has 0 atom stereocenters. The molecule has 1 aromatic carbocycles. The third kappa shape index (κ3) is 4.33. The minimum atomic E-state index is -0.630. The normalized spacial score (nSPS) is 14.2. The van der Waals surface area contributed by atoms with Crippen LogP contribution in [0.15, 0.2) is 46.8 Å². The highest BCUT2D eigenvalue weighted by molar-refractivity contribution is 8.21. The largest absolute Gasteiger partial charge is 0.503 e. The molecule has 158 valence electrons. The van der Waals surface area contributed by atoms with Gasteiger partial charge in [0.15, 0.2) is 11.4 Å². The van der Waals surface area contributed by atoms with Gasteiger partial charge in [0, 0.05) is 43.7 Å². The third-order valence-electron chi connectivity index (χ3n) is 4.98. The Morgan fingerprint density at radius 2 is 1.93 bits per heavy atom. The van der Waals surface area contributed by atoms with E-state index in [9.17, 15) is 19.1 Å². The molecule has 0 bridgehead atoms. The second kappa shape index (κ2) is 8.87. The maximum Gasteiger partial charge on any atom is 0.274 e. The predicted molar refractivity (Wildman–Crippen MR) is 119 cm³/mol. The summed E-state index contributed by atoms with van der Waals surface area (Å²) in [7, 11) is 1.63. The average molecular weight is 430 g/mol. The molecule has 1 aliphatic heterocycles. The summed E-state index contributed by atoms with van der Waals surface area (Å²) < 4.78 is 14.7. The van der Waals surface area contributed by atoms with E-state index in [0.29, 0.717) is 29.5 Å². The molecule has 0 spiro atoms. The summed E-state index contributed by atoms with van der Waals surface area (Å²) >= 11 is 1.22. The van der Waals surface area contributed by atoms with Crippen LogP contribution in [0.4, 0.5) is 4.39 Å². The van der Waals surface area contributed by atoms with E-state index in [4.69, 9.17) is 0 Å². The molecule has 3 rings (SSSR count). The van der Waals surface area contributed by atoms with Crippen LogP contribution in [0.1, 0.15) is 35.5 Å². The minimum Gasteiger partial charge on any atom is -0.503 e. The van der Waals surface area contributed by atoms with Gasteiger partial charge in [0.2, 0.25) is 5.43 Å². The zero-order valence-electron chi connectivity index (χ0n) is 17.2. The molecule has 0 fully saturated rings. The van der Waals surface area contributed by atoms with Crippen LogP contribution in [-0.4, -0.2) is 45.2 Å². The standard InChI is InChI=1S/C22H24FN3O3S/c1-13(2)26-10-9-25-12-17(20(27)21(28)19(25)22(26)29)14(3)30-18(24-4)11-15-5-7-16(23)8-6-15/h5-8,12-13,28H,3,9-11H2,1-2,4H3. The van der Waals surface area contributed by atoms with Crippen LogP contribution >= 0.6 is 11.8 Å². The highest BCUT2D eigenvalue weighted by atomic mass is 32.2. The Labute approximate surface area is 178 Å². The first-order valence-corrected chi connectivity index (χ1v) is 10.4. The van der Waals surface area contributed by atoms with Crippen LogP contribution in [0, 0.1) is 5.82 Å². The van der Waals surface area contributed by atoms with Gasteiger partial charge in [-0.3, -0.25) is 14.6 Å². The molecule has 30 heavy (non-hydrogen) atoms. The highest BCUT2D eigenvalue weighted by Crippen LogP contribution is 2.30. The summed E-state index contributed by atoms with van der Waals surface area (Å²) in [6.07, 6.45) is 2.04. The fourth-order valence-electron chi connectivity index (χ4n) is 3.33. The van der Waals surface area contributed by atoms with Gasteiger partial charge in [0.1, 0.15) is 5.82 Å². The SMILES string of the molecule is C=C(SC(Cc1ccc(F)cc1)=NC)c1cn2c(c(O)c1=O)C(=O)N(C(C)C)CC2. The van der Waals surface area contributed by atoms with Gasteiger partial charge in [-0.2, -0.15) is 0 Å². The van der Waals surface area contributed by atoms with E-state index >= 15 is 0 Å². The van der Waals surface area contributed by atoms with Gasteiger partial charge in [0.05, 0.1) is 10.6 Å². The van der Waals surface area contributed by atoms with Crippen molar-refractivity contribution in [2.45, 2.75) is 32.9 Å². The molecule has 0 unspecified atom stereocenters. The number of hydrogen-bond acceptors (Lipinski definition) is 5. The van der Waals surface area contributed by atoms with Crippen LogP contribution in [-0.2, 0) is 13.0 Å². The molecule has 6 nitrogen and oxygen atoms in total. The number of halogens is 1. The number of carbonyl (C=O) groups excluding carboxylic acids is 1. The number of rotatable bonds is 5. The molecule has 0 radical (unpaired) electrons. The number of carbonyl (C=O) groups is 1. The number of thioether (sulfide) groups is 1. The van der Waals surface area contributed by atoms with Crippen molar-refractivity contribution in [3.63, 3.8) is 0 Å². The van der Waals surface area contributed by atoms with Gasteiger partial charge in [-0.15, -0.1) is 0 Å². The maximum atomic E-state index is 13.1. The van der Waals surface area contributed by atoms with Crippen molar-refractivity contribution in [3.05, 3.63) is 69.9 Å². The van der Waals surface area contributed by atoms with E-state index in [0.717, 1.165) is 5.56 Å². The molecule has 0 saturated carbocycles. The van der Waals surface area contributed by atoms with Crippen molar-refractivity contribution in [1.29, 1.82) is 0 Å². The van der Waals surface area contributed by atoms with E-state index in [1.807, 2.05) is 13.8 Å². The Bertz CT molecular complexity index is 1070. The summed E-state index contributed by atoms with van der Waals surface area (Å²) in [5.41, 5.74) is 0.487. The number of benzene rings is 1. The molecular formula is C22H24FN3O3S. The van der Waals surface area contributed by atoms with E-state index in [2.05, 4.69) is 11.6 Å². The number of hydrogen-bond donors (Lipinski definition) is 1. The van der Waals surface area contributed by atoms with Crippen LogP contribution in [0.5, 0.6) is 5.75 Å². The van der Waals surface area contributed by atoms with E-state index in [1.54, 1.807) is 34.8 Å². The van der Waals surface area contributed by atoms with Crippen molar-refractivity contribution in [3.8, 4) is 5.75 Å². The van der Waals surface area contributed by atoms with E-state index in [1.165, 1.54) is 23.9 Å². The molecule has 2 heterocycles. The lowest BCUT2D eigenvalue weighted by Crippen LogP contribution is -2.45. The molecule has 1 aliphatic rings. The van der Waals surface area contributed by atoms with Crippen molar-refractivity contribution in [2.75, 3.05) is 13.6 Å². The summed E-state index contributed by atoms with van der Waals surface area (Å²) in [6, 6.07) is 6.09. The zero-order valence-corrected chi connectivity index (χ0v) is 18.0. The Morgan fingerprint density at radius 1 is 1.27 bits per heavy atom. The smallest absolute Gasteiger partial charge is 0.274 e. The summed E-state index contributed by atoms with van der Waals surface area (Å²) in [5, 5.41) is 11.2. The summed E-state index contributed by atoms with van der Waals surface area (Å²) in [6.45, 7) is 8.74. The number of fused-ring (bicyclic) bond motifs is 1. The third-order valence-corrected chi connectivity index (χ3v) is 6.01. The van der Waals surface area contributed by atoms with E-state index < -0.39 is 11.2 Å². The number of pyridine rings is 1. The molecule has 2 aromatic rings. The van der Waals surface area contributed by atoms with Crippen LogP contribution < -0.4 is 5.43 Å². The van der Waals surface area contributed by atoms with Crippen LogP contribution in [0.25, 0.3) is 4.91 Å². The second-order valence-electron chi connectivity index (χ2n) is 7.30. The van der Waals surface area contributed by atoms with Crippen molar-refractivity contribution in [1.82, 2.24) is 9.47 Å². The minimum absolute atomic E-state index is 0.0113. The molecule has 0 aliphatic carbocycles. The number of amides is 1. The summed E-state index contributed by atoms with van der Waals surface area (Å²) in [5.74, 6) is -1.23. The number of aromatic nitrogens is 1. The molecule has 1 amide bonds. The highest BCUT2D eigenvalue weighted by Gasteiger charge is 2.31. The Kier molecular flexibility index (Phi) is 6.45. The topological polar surface area (TPSA) is 74.9 Å². The Balaban J connectivity index is 1.86. The van der Waals surface area contributed by atoms with E-state index in [-0.39, 0.29) is 29.0 Å². The zero-order chi connectivity index (χ0) is 22.0. The Hall–Kier alpha value is -2.87. The van der Waals surface area contributed by atoms with Gasteiger partial charge in [-0.05, 0) is 31.5 Å².